The first-order chi connectivity index (χ1) is 8.27. The second-order valence-corrected chi connectivity index (χ2v) is 4.28. The number of nitrogens with zero attached hydrogens (tertiary/aromatic N) is 1. The van der Waals surface area contributed by atoms with Gasteiger partial charge in [-0.15, -0.1) is 0 Å². The zero-order valence-electron chi connectivity index (χ0n) is 9.68. The van der Waals surface area contributed by atoms with Crippen molar-refractivity contribution >= 4 is 11.6 Å². The number of anilines is 1. The molecule has 0 unspecified atom stereocenters. The van der Waals surface area contributed by atoms with Gasteiger partial charge >= 0.3 is 0 Å². The van der Waals surface area contributed by atoms with Crippen LogP contribution >= 0.6 is 0 Å². The topological polar surface area (TPSA) is 20.3 Å². The van der Waals surface area contributed by atoms with E-state index < -0.39 is 0 Å². The van der Waals surface area contributed by atoms with Gasteiger partial charge in [-0.25, -0.2) is 0 Å². The van der Waals surface area contributed by atoms with Crippen LogP contribution in [-0.2, 0) is 11.3 Å². The highest BCUT2D eigenvalue weighted by Gasteiger charge is 2.23. The Balaban J connectivity index is 2.26. The van der Waals surface area contributed by atoms with E-state index in [2.05, 4.69) is 18.2 Å². The molecule has 3 rings (SSSR count). The summed E-state index contributed by atoms with van der Waals surface area (Å²) in [5.41, 5.74) is 4.60. The van der Waals surface area contributed by atoms with Crippen LogP contribution in [0.4, 0.5) is 5.69 Å². The number of rotatable bonds is 0. The summed E-state index contributed by atoms with van der Waals surface area (Å²) in [6, 6.07) is 16.3. The fourth-order valence-corrected chi connectivity index (χ4v) is 2.39. The molecule has 2 heteroatoms. The maximum absolute atomic E-state index is 11.7. The van der Waals surface area contributed by atoms with E-state index in [-0.39, 0.29) is 5.91 Å². The van der Waals surface area contributed by atoms with Crippen molar-refractivity contribution < 1.29 is 4.79 Å². The summed E-state index contributed by atoms with van der Waals surface area (Å²) in [6.07, 6.45) is 0. The summed E-state index contributed by atoms with van der Waals surface area (Å²) in [5.74, 6) is 0.0898. The van der Waals surface area contributed by atoms with Crippen molar-refractivity contribution in [2.45, 2.75) is 13.5 Å². The van der Waals surface area contributed by atoms with Crippen LogP contribution in [0.1, 0.15) is 12.5 Å². The predicted molar refractivity (Wildman–Crippen MR) is 68.7 cm³/mol. The van der Waals surface area contributed by atoms with Gasteiger partial charge < -0.3 is 4.90 Å². The molecule has 17 heavy (non-hydrogen) atoms. The maximum atomic E-state index is 11.7. The molecule has 1 heterocycles. The molecule has 0 aromatic heterocycles. The van der Waals surface area contributed by atoms with Gasteiger partial charge in [0, 0.05) is 12.5 Å². The molecule has 0 spiro atoms. The Labute approximate surface area is 100 Å². The second-order valence-electron chi connectivity index (χ2n) is 4.28. The number of para-hydroxylation sites is 1. The van der Waals surface area contributed by atoms with Gasteiger partial charge in [-0.2, -0.15) is 0 Å². The van der Waals surface area contributed by atoms with Gasteiger partial charge in [0.25, 0.3) is 0 Å². The Bertz CT molecular complexity index is 589. The average Bonchev–Trinajstić information content (AvgIpc) is 2.37. The monoisotopic (exact) mass is 223 g/mol. The molecule has 0 saturated heterocycles. The summed E-state index contributed by atoms with van der Waals surface area (Å²) >= 11 is 0. The SMILES string of the molecule is CC(=O)N1Cc2ccccc2-c2ccccc21. The average molecular weight is 223 g/mol. The van der Waals surface area contributed by atoms with E-state index >= 15 is 0 Å². The van der Waals surface area contributed by atoms with Gasteiger partial charge in [-0.1, -0.05) is 42.5 Å². The molecular weight excluding hydrogens is 210 g/mol. The van der Waals surface area contributed by atoms with Gasteiger partial charge in [0.2, 0.25) is 5.91 Å². The lowest BCUT2D eigenvalue weighted by Crippen LogP contribution is -2.30. The quantitative estimate of drug-likeness (QED) is 0.671. The molecule has 0 N–H and O–H groups in total. The lowest BCUT2D eigenvalue weighted by Gasteiger charge is -2.30. The zero-order chi connectivity index (χ0) is 11.8. The summed E-state index contributed by atoms with van der Waals surface area (Å²) < 4.78 is 0. The number of fused-ring (bicyclic) bond motifs is 3. The molecule has 1 aliphatic rings. The van der Waals surface area contributed by atoms with Gasteiger partial charge in [0.05, 0.1) is 12.2 Å². The van der Waals surface area contributed by atoms with Gasteiger partial charge in [-0.3, -0.25) is 4.79 Å². The first-order valence-electron chi connectivity index (χ1n) is 5.73. The minimum absolute atomic E-state index is 0.0898. The van der Waals surface area contributed by atoms with E-state index in [1.807, 2.05) is 35.2 Å². The van der Waals surface area contributed by atoms with E-state index in [1.165, 1.54) is 11.1 Å². The normalized spacial score (nSPS) is 12.9. The van der Waals surface area contributed by atoms with E-state index in [0.29, 0.717) is 6.54 Å². The van der Waals surface area contributed by atoms with E-state index in [9.17, 15) is 4.79 Å². The van der Waals surface area contributed by atoms with Crippen molar-refractivity contribution in [3.63, 3.8) is 0 Å². The van der Waals surface area contributed by atoms with E-state index in [0.717, 1.165) is 11.3 Å². The Hall–Kier alpha value is -2.09. The fourth-order valence-electron chi connectivity index (χ4n) is 2.39. The number of amides is 1. The maximum Gasteiger partial charge on any atom is 0.224 e. The molecule has 0 atom stereocenters. The van der Waals surface area contributed by atoms with Crippen molar-refractivity contribution in [1.29, 1.82) is 0 Å². The van der Waals surface area contributed by atoms with Crippen LogP contribution in [0, 0.1) is 0 Å². The van der Waals surface area contributed by atoms with Gasteiger partial charge in [-0.05, 0) is 17.2 Å². The first kappa shape index (κ1) is 10.1. The molecule has 0 radical (unpaired) electrons. The highest BCUT2D eigenvalue weighted by Crippen LogP contribution is 2.38. The van der Waals surface area contributed by atoms with Crippen molar-refractivity contribution in [3.8, 4) is 11.1 Å². The number of carbonyl (C=O) groups excluding carboxylic acids is 1. The zero-order valence-corrected chi connectivity index (χ0v) is 9.68. The van der Waals surface area contributed by atoms with Crippen LogP contribution < -0.4 is 4.90 Å². The van der Waals surface area contributed by atoms with Crippen LogP contribution in [0.15, 0.2) is 48.5 Å². The van der Waals surface area contributed by atoms with Crippen LogP contribution in [0.5, 0.6) is 0 Å². The molecule has 0 fully saturated rings. The molecule has 1 aliphatic heterocycles. The summed E-state index contributed by atoms with van der Waals surface area (Å²) in [4.78, 5) is 13.5. The number of carbonyl (C=O) groups is 1. The Morgan fingerprint density at radius 3 is 2.41 bits per heavy atom. The lowest BCUT2D eigenvalue weighted by atomic mass is 9.93. The Morgan fingerprint density at radius 2 is 1.65 bits per heavy atom. The molecule has 2 aromatic rings. The summed E-state index contributed by atoms with van der Waals surface area (Å²) in [6.45, 7) is 2.28. The standard InChI is InChI=1S/C15H13NO/c1-11(17)16-10-12-6-2-3-7-13(12)14-8-4-5-9-15(14)16/h2-9H,10H2,1H3. The predicted octanol–water partition coefficient (Wildman–Crippen LogP) is 3.22. The highest BCUT2D eigenvalue weighted by atomic mass is 16.2. The van der Waals surface area contributed by atoms with E-state index in [4.69, 9.17) is 0 Å². The van der Waals surface area contributed by atoms with Gasteiger partial charge in [0.15, 0.2) is 0 Å². The molecule has 2 nitrogen and oxygen atoms in total. The van der Waals surface area contributed by atoms with Crippen LogP contribution in [0.3, 0.4) is 0 Å². The van der Waals surface area contributed by atoms with Crippen molar-refractivity contribution in [2.75, 3.05) is 4.90 Å². The molecule has 1 amide bonds. The number of benzene rings is 2. The molecule has 84 valence electrons. The Morgan fingerprint density at radius 1 is 1.00 bits per heavy atom. The van der Waals surface area contributed by atoms with Crippen LogP contribution in [0.25, 0.3) is 11.1 Å². The summed E-state index contributed by atoms with van der Waals surface area (Å²) in [5, 5.41) is 0. The van der Waals surface area contributed by atoms with Gasteiger partial charge in [0.1, 0.15) is 0 Å². The van der Waals surface area contributed by atoms with Crippen molar-refractivity contribution in [1.82, 2.24) is 0 Å². The first-order valence-corrected chi connectivity index (χ1v) is 5.73. The number of hydrogen-bond donors (Lipinski definition) is 0. The van der Waals surface area contributed by atoms with Crippen molar-refractivity contribution in [2.24, 2.45) is 0 Å². The largest absolute Gasteiger partial charge is 0.308 e. The molecule has 0 saturated carbocycles. The minimum atomic E-state index is 0.0898. The Kier molecular flexibility index (Phi) is 2.22. The molecule has 2 aromatic carbocycles. The fraction of sp³-hybridized carbons (Fsp3) is 0.133. The molecule has 0 bridgehead atoms. The number of hydrogen-bond acceptors (Lipinski definition) is 1. The van der Waals surface area contributed by atoms with Crippen LogP contribution in [-0.4, -0.2) is 5.91 Å². The second kappa shape index (κ2) is 3.74. The van der Waals surface area contributed by atoms with Crippen molar-refractivity contribution in [3.05, 3.63) is 54.1 Å². The minimum Gasteiger partial charge on any atom is -0.308 e. The lowest BCUT2D eigenvalue weighted by molar-refractivity contribution is -0.116. The molecular formula is C15H13NO. The third-order valence-electron chi connectivity index (χ3n) is 3.21. The van der Waals surface area contributed by atoms with Crippen LogP contribution in [0.2, 0.25) is 0 Å². The van der Waals surface area contributed by atoms with E-state index in [1.54, 1.807) is 6.92 Å². The molecule has 0 aliphatic carbocycles. The third-order valence-corrected chi connectivity index (χ3v) is 3.21. The summed E-state index contributed by atoms with van der Waals surface area (Å²) in [7, 11) is 0. The smallest absolute Gasteiger partial charge is 0.224 e. The third kappa shape index (κ3) is 1.53. The highest BCUT2D eigenvalue weighted by molar-refractivity contribution is 5.98.